The van der Waals surface area contributed by atoms with E-state index in [1.54, 1.807) is 24.3 Å². The first-order valence-electron chi connectivity index (χ1n) is 7.56. The lowest BCUT2D eigenvalue weighted by molar-refractivity contribution is 0.561. The lowest BCUT2D eigenvalue weighted by Gasteiger charge is -2.16. The van der Waals surface area contributed by atoms with Crippen molar-refractivity contribution in [2.45, 2.75) is 24.8 Å². The molecule has 2 aromatic carbocycles. The SMILES string of the molecule is CNS(=O)(=O)c1ccc([C@H](C)Nc2ccc3nc(C)oc3c2)cc1. The van der Waals surface area contributed by atoms with Crippen LogP contribution in [0.1, 0.15) is 24.4 Å². The summed E-state index contributed by atoms with van der Waals surface area (Å²) in [6.45, 7) is 3.83. The molecule has 3 rings (SSSR count). The predicted octanol–water partition coefficient (Wildman–Crippen LogP) is 3.22. The fraction of sp³-hybridized carbons (Fsp3) is 0.235. The number of hydrogen-bond donors (Lipinski definition) is 2. The van der Waals surface area contributed by atoms with Gasteiger partial charge < -0.3 is 9.73 Å². The third-order valence-corrected chi connectivity index (χ3v) is 5.27. The zero-order valence-corrected chi connectivity index (χ0v) is 14.5. The highest BCUT2D eigenvalue weighted by Gasteiger charge is 2.12. The average Bonchev–Trinajstić information content (AvgIpc) is 2.94. The van der Waals surface area contributed by atoms with Gasteiger partial charge in [-0.05, 0) is 43.8 Å². The molecule has 0 amide bonds. The van der Waals surface area contributed by atoms with Crippen molar-refractivity contribution in [3.63, 3.8) is 0 Å². The molecule has 6 nitrogen and oxygen atoms in total. The van der Waals surface area contributed by atoms with Crippen LogP contribution in [0, 0.1) is 6.92 Å². The molecule has 0 bridgehead atoms. The second-order valence-electron chi connectivity index (χ2n) is 5.56. The van der Waals surface area contributed by atoms with Crippen LogP contribution in [0.15, 0.2) is 51.8 Å². The quantitative estimate of drug-likeness (QED) is 0.742. The summed E-state index contributed by atoms with van der Waals surface area (Å²) in [6, 6.07) is 12.6. The number of rotatable bonds is 5. The molecule has 0 saturated heterocycles. The van der Waals surface area contributed by atoms with E-state index in [4.69, 9.17) is 4.42 Å². The van der Waals surface area contributed by atoms with Gasteiger partial charge in [0.2, 0.25) is 10.0 Å². The smallest absolute Gasteiger partial charge is 0.240 e. The Balaban J connectivity index is 1.79. The molecule has 0 unspecified atom stereocenters. The number of benzene rings is 2. The fourth-order valence-corrected chi connectivity index (χ4v) is 3.25. The molecular formula is C17H19N3O3S. The van der Waals surface area contributed by atoms with Crippen molar-refractivity contribution in [1.29, 1.82) is 0 Å². The van der Waals surface area contributed by atoms with Crippen molar-refractivity contribution >= 4 is 26.8 Å². The van der Waals surface area contributed by atoms with Crippen LogP contribution in [-0.2, 0) is 10.0 Å². The first-order valence-corrected chi connectivity index (χ1v) is 9.04. The molecule has 1 heterocycles. The Labute approximate surface area is 141 Å². The van der Waals surface area contributed by atoms with E-state index in [2.05, 4.69) is 15.0 Å². The van der Waals surface area contributed by atoms with E-state index in [1.165, 1.54) is 7.05 Å². The Morgan fingerprint density at radius 1 is 1.12 bits per heavy atom. The highest BCUT2D eigenvalue weighted by molar-refractivity contribution is 7.89. The first-order chi connectivity index (χ1) is 11.4. The minimum Gasteiger partial charge on any atom is -0.441 e. The molecule has 1 atom stereocenters. The molecular weight excluding hydrogens is 326 g/mol. The third-order valence-electron chi connectivity index (χ3n) is 3.84. The molecule has 0 aliphatic rings. The molecule has 0 aliphatic heterocycles. The number of fused-ring (bicyclic) bond motifs is 1. The van der Waals surface area contributed by atoms with Gasteiger partial charge >= 0.3 is 0 Å². The van der Waals surface area contributed by atoms with Crippen molar-refractivity contribution < 1.29 is 12.8 Å². The van der Waals surface area contributed by atoms with E-state index < -0.39 is 10.0 Å². The van der Waals surface area contributed by atoms with Gasteiger partial charge in [0.15, 0.2) is 11.5 Å². The summed E-state index contributed by atoms with van der Waals surface area (Å²) >= 11 is 0. The predicted molar refractivity (Wildman–Crippen MR) is 93.5 cm³/mol. The van der Waals surface area contributed by atoms with E-state index in [9.17, 15) is 8.42 Å². The van der Waals surface area contributed by atoms with Gasteiger partial charge in [-0.3, -0.25) is 0 Å². The van der Waals surface area contributed by atoms with Crippen LogP contribution >= 0.6 is 0 Å². The monoisotopic (exact) mass is 345 g/mol. The van der Waals surface area contributed by atoms with E-state index in [-0.39, 0.29) is 10.9 Å². The number of oxazole rings is 1. The highest BCUT2D eigenvalue weighted by atomic mass is 32.2. The Bertz CT molecular complexity index is 962. The average molecular weight is 345 g/mol. The van der Waals surface area contributed by atoms with Crippen molar-refractivity contribution in [2.75, 3.05) is 12.4 Å². The second-order valence-corrected chi connectivity index (χ2v) is 7.44. The maximum absolute atomic E-state index is 11.8. The number of nitrogens with one attached hydrogen (secondary N) is 2. The third kappa shape index (κ3) is 3.27. The highest BCUT2D eigenvalue weighted by Crippen LogP contribution is 2.24. The standard InChI is InChI=1S/C17H19N3O3S/c1-11(13-4-7-15(8-5-13)24(21,22)18-3)19-14-6-9-16-17(10-14)23-12(2)20-16/h4-11,18-19H,1-3H3/t11-/m0/s1. The number of sulfonamides is 1. The summed E-state index contributed by atoms with van der Waals surface area (Å²) in [5, 5.41) is 3.38. The number of aryl methyl sites for hydroxylation is 1. The Kier molecular flexibility index (Phi) is 4.29. The van der Waals surface area contributed by atoms with Gasteiger partial charge in [0.1, 0.15) is 5.52 Å². The molecule has 0 radical (unpaired) electrons. The molecule has 0 aliphatic carbocycles. The zero-order valence-electron chi connectivity index (χ0n) is 13.7. The van der Waals surface area contributed by atoms with Crippen LogP contribution in [0.5, 0.6) is 0 Å². The van der Waals surface area contributed by atoms with Crippen LogP contribution < -0.4 is 10.0 Å². The van der Waals surface area contributed by atoms with Crippen molar-refractivity contribution in [3.8, 4) is 0 Å². The fourth-order valence-electron chi connectivity index (χ4n) is 2.52. The molecule has 2 N–H and O–H groups in total. The Morgan fingerprint density at radius 3 is 2.50 bits per heavy atom. The second kappa shape index (κ2) is 6.26. The summed E-state index contributed by atoms with van der Waals surface area (Å²) in [5.74, 6) is 0.636. The van der Waals surface area contributed by atoms with Crippen LogP contribution in [0.3, 0.4) is 0 Å². The summed E-state index contributed by atoms with van der Waals surface area (Å²) in [6.07, 6.45) is 0. The maximum Gasteiger partial charge on any atom is 0.240 e. The van der Waals surface area contributed by atoms with Gasteiger partial charge in [-0.25, -0.2) is 18.1 Å². The van der Waals surface area contributed by atoms with Crippen molar-refractivity contribution in [3.05, 3.63) is 53.9 Å². The van der Waals surface area contributed by atoms with Crippen LogP contribution in [0.2, 0.25) is 0 Å². The molecule has 126 valence electrons. The van der Waals surface area contributed by atoms with Gasteiger partial charge in [-0.2, -0.15) is 0 Å². The number of hydrogen-bond acceptors (Lipinski definition) is 5. The van der Waals surface area contributed by atoms with E-state index in [0.29, 0.717) is 5.89 Å². The van der Waals surface area contributed by atoms with Gasteiger partial charge in [0.05, 0.1) is 4.90 Å². The molecule has 7 heteroatoms. The van der Waals surface area contributed by atoms with Gasteiger partial charge in [-0.1, -0.05) is 12.1 Å². The summed E-state index contributed by atoms with van der Waals surface area (Å²) in [4.78, 5) is 4.52. The van der Waals surface area contributed by atoms with E-state index in [1.807, 2.05) is 32.0 Å². The van der Waals surface area contributed by atoms with Crippen LogP contribution in [0.25, 0.3) is 11.1 Å². The van der Waals surface area contributed by atoms with Crippen molar-refractivity contribution in [2.24, 2.45) is 0 Å². The summed E-state index contributed by atoms with van der Waals surface area (Å²) < 4.78 is 31.4. The van der Waals surface area contributed by atoms with E-state index >= 15 is 0 Å². The lowest BCUT2D eigenvalue weighted by Crippen LogP contribution is -2.18. The van der Waals surface area contributed by atoms with E-state index in [0.717, 1.165) is 22.4 Å². The van der Waals surface area contributed by atoms with Gasteiger partial charge in [0, 0.05) is 24.7 Å². The molecule has 24 heavy (non-hydrogen) atoms. The normalized spacial score (nSPS) is 13.1. The number of aromatic nitrogens is 1. The molecule has 1 aromatic heterocycles. The van der Waals surface area contributed by atoms with Crippen LogP contribution in [-0.4, -0.2) is 20.4 Å². The minimum absolute atomic E-state index is 0.0119. The zero-order chi connectivity index (χ0) is 17.3. The van der Waals surface area contributed by atoms with Gasteiger partial charge in [0.25, 0.3) is 0 Å². The maximum atomic E-state index is 11.8. The molecule has 3 aromatic rings. The molecule has 0 saturated carbocycles. The minimum atomic E-state index is -3.41. The lowest BCUT2D eigenvalue weighted by atomic mass is 10.1. The number of nitrogens with zero attached hydrogens (tertiary/aromatic N) is 1. The topological polar surface area (TPSA) is 84.2 Å². The van der Waals surface area contributed by atoms with Crippen molar-refractivity contribution in [1.82, 2.24) is 9.71 Å². The summed E-state index contributed by atoms with van der Waals surface area (Å²) in [7, 11) is -2.01. The Hall–Kier alpha value is -2.38. The number of anilines is 1. The Morgan fingerprint density at radius 2 is 1.83 bits per heavy atom. The molecule has 0 spiro atoms. The van der Waals surface area contributed by atoms with Gasteiger partial charge in [-0.15, -0.1) is 0 Å². The largest absolute Gasteiger partial charge is 0.441 e. The summed E-state index contributed by atoms with van der Waals surface area (Å²) in [5.41, 5.74) is 3.46. The molecule has 0 fully saturated rings. The van der Waals surface area contributed by atoms with Crippen LogP contribution in [0.4, 0.5) is 5.69 Å². The first kappa shape index (κ1) is 16.5.